The number of benzene rings is 1. The second kappa shape index (κ2) is 7.09. The standard InChI is InChI=1S/C15H23ClN2O2S/c1-3-17-10-13-7-8-14(16)15(9-13)21(19,20)18(2)11-12-5-4-6-12/h7-9,12,17H,3-6,10-11H2,1-2H3. The van der Waals surface area contributed by atoms with Gasteiger partial charge in [0.15, 0.2) is 0 Å². The average molecular weight is 331 g/mol. The number of sulfonamides is 1. The first-order valence-corrected chi connectivity index (χ1v) is 9.22. The first-order chi connectivity index (χ1) is 9.95. The molecule has 0 bridgehead atoms. The van der Waals surface area contributed by atoms with Crippen LogP contribution in [0, 0.1) is 5.92 Å². The highest BCUT2D eigenvalue weighted by atomic mass is 35.5. The lowest BCUT2D eigenvalue weighted by Crippen LogP contribution is -2.34. The first kappa shape index (κ1) is 16.7. The minimum atomic E-state index is -3.51. The molecule has 0 heterocycles. The molecule has 1 fully saturated rings. The minimum absolute atomic E-state index is 0.210. The predicted octanol–water partition coefficient (Wildman–Crippen LogP) is 2.87. The quantitative estimate of drug-likeness (QED) is 0.836. The Morgan fingerprint density at radius 2 is 2.10 bits per heavy atom. The summed E-state index contributed by atoms with van der Waals surface area (Å²) in [5.41, 5.74) is 0.928. The third kappa shape index (κ3) is 3.97. The highest BCUT2D eigenvalue weighted by Crippen LogP contribution is 2.30. The normalized spacial score (nSPS) is 16.2. The van der Waals surface area contributed by atoms with Gasteiger partial charge in [0.1, 0.15) is 4.90 Å². The third-order valence-corrected chi connectivity index (χ3v) is 6.31. The molecule has 0 amide bonds. The van der Waals surface area contributed by atoms with Gasteiger partial charge in [-0.25, -0.2) is 12.7 Å². The van der Waals surface area contributed by atoms with E-state index in [-0.39, 0.29) is 9.92 Å². The molecule has 0 atom stereocenters. The Balaban J connectivity index is 2.20. The first-order valence-electron chi connectivity index (χ1n) is 7.40. The Hall–Kier alpha value is -0.620. The summed E-state index contributed by atoms with van der Waals surface area (Å²) in [5.74, 6) is 0.494. The molecule has 4 nitrogen and oxygen atoms in total. The molecule has 1 saturated carbocycles. The molecule has 0 radical (unpaired) electrons. The van der Waals surface area contributed by atoms with Crippen LogP contribution in [-0.2, 0) is 16.6 Å². The van der Waals surface area contributed by atoms with Crippen molar-refractivity contribution in [2.24, 2.45) is 5.92 Å². The van der Waals surface area contributed by atoms with E-state index in [0.717, 1.165) is 24.9 Å². The SMILES string of the molecule is CCNCc1ccc(Cl)c(S(=O)(=O)N(C)CC2CCC2)c1. The summed E-state index contributed by atoms with van der Waals surface area (Å²) in [6.45, 7) is 4.07. The molecule has 118 valence electrons. The van der Waals surface area contributed by atoms with E-state index >= 15 is 0 Å². The Morgan fingerprint density at radius 3 is 2.67 bits per heavy atom. The summed E-state index contributed by atoms with van der Waals surface area (Å²) in [5, 5.41) is 3.48. The van der Waals surface area contributed by atoms with Crippen LogP contribution in [0.4, 0.5) is 0 Å². The van der Waals surface area contributed by atoms with Crippen molar-refractivity contribution in [2.75, 3.05) is 20.1 Å². The largest absolute Gasteiger partial charge is 0.313 e. The van der Waals surface area contributed by atoms with E-state index in [1.54, 1.807) is 19.2 Å². The summed E-state index contributed by atoms with van der Waals surface area (Å²) in [6, 6.07) is 5.20. The van der Waals surface area contributed by atoms with Crippen LogP contribution in [0.5, 0.6) is 0 Å². The molecular formula is C15H23ClN2O2S. The van der Waals surface area contributed by atoms with Gasteiger partial charge in [-0.05, 0) is 43.0 Å². The maximum Gasteiger partial charge on any atom is 0.244 e. The van der Waals surface area contributed by atoms with Gasteiger partial charge >= 0.3 is 0 Å². The zero-order valence-electron chi connectivity index (χ0n) is 12.6. The monoisotopic (exact) mass is 330 g/mol. The zero-order chi connectivity index (χ0) is 15.5. The molecule has 6 heteroatoms. The van der Waals surface area contributed by atoms with E-state index < -0.39 is 10.0 Å². The van der Waals surface area contributed by atoms with Crippen molar-refractivity contribution in [3.8, 4) is 0 Å². The highest BCUT2D eigenvalue weighted by molar-refractivity contribution is 7.89. The molecule has 1 aromatic carbocycles. The number of hydrogen-bond donors (Lipinski definition) is 1. The van der Waals surface area contributed by atoms with Crippen LogP contribution in [0.3, 0.4) is 0 Å². The van der Waals surface area contributed by atoms with E-state index in [0.29, 0.717) is 19.0 Å². The summed E-state index contributed by atoms with van der Waals surface area (Å²) in [4.78, 5) is 0.210. The molecule has 0 aromatic heterocycles. The van der Waals surface area contributed by atoms with E-state index in [1.165, 1.54) is 10.7 Å². The van der Waals surface area contributed by atoms with Gasteiger partial charge in [0.2, 0.25) is 10.0 Å². The van der Waals surface area contributed by atoms with E-state index in [2.05, 4.69) is 5.32 Å². The third-order valence-electron chi connectivity index (χ3n) is 4.00. The molecule has 0 saturated heterocycles. The van der Waals surface area contributed by atoms with Gasteiger partial charge in [-0.1, -0.05) is 31.0 Å². The van der Waals surface area contributed by atoms with Crippen LogP contribution < -0.4 is 5.32 Å². The second-order valence-corrected chi connectivity index (χ2v) is 8.05. The van der Waals surface area contributed by atoms with Crippen LogP contribution in [0.25, 0.3) is 0 Å². The van der Waals surface area contributed by atoms with Gasteiger partial charge < -0.3 is 5.32 Å². The smallest absolute Gasteiger partial charge is 0.244 e. The van der Waals surface area contributed by atoms with Gasteiger partial charge in [0, 0.05) is 20.1 Å². The van der Waals surface area contributed by atoms with Gasteiger partial charge in [-0.15, -0.1) is 0 Å². The van der Waals surface area contributed by atoms with Crippen molar-refractivity contribution in [1.82, 2.24) is 9.62 Å². The molecule has 1 aliphatic rings. The van der Waals surface area contributed by atoms with Crippen molar-refractivity contribution in [3.63, 3.8) is 0 Å². The molecule has 2 rings (SSSR count). The lowest BCUT2D eigenvalue weighted by molar-refractivity contribution is 0.263. The predicted molar refractivity (Wildman–Crippen MR) is 86.0 cm³/mol. The number of nitrogens with one attached hydrogen (secondary N) is 1. The van der Waals surface area contributed by atoms with E-state index in [4.69, 9.17) is 11.6 Å². The summed E-state index contributed by atoms with van der Waals surface area (Å²) < 4.78 is 26.8. The fraction of sp³-hybridized carbons (Fsp3) is 0.600. The summed E-state index contributed by atoms with van der Waals surface area (Å²) in [6.07, 6.45) is 3.44. The van der Waals surface area contributed by atoms with Crippen LogP contribution in [0.15, 0.2) is 23.1 Å². The fourth-order valence-corrected chi connectivity index (χ4v) is 4.20. The molecule has 1 aromatic rings. The van der Waals surface area contributed by atoms with Crippen molar-refractivity contribution in [1.29, 1.82) is 0 Å². The summed E-state index contributed by atoms with van der Waals surface area (Å²) in [7, 11) is -1.88. The number of rotatable bonds is 7. The Bertz CT molecular complexity index is 585. The van der Waals surface area contributed by atoms with Gasteiger partial charge in [-0.2, -0.15) is 0 Å². The molecule has 0 aliphatic heterocycles. The van der Waals surface area contributed by atoms with Gasteiger partial charge in [0.25, 0.3) is 0 Å². The Kier molecular flexibility index (Phi) is 5.66. The maximum absolute atomic E-state index is 12.7. The van der Waals surface area contributed by atoms with Gasteiger partial charge in [-0.3, -0.25) is 0 Å². The molecule has 21 heavy (non-hydrogen) atoms. The van der Waals surface area contributed by atoms with Crippen molar-refractivity contribution < 1.29 is 8.42 Å². The Labute approximate surface area is 132 Å². The van der Waals surface area contributed by atoms with Crippen LogP contribution in [0.2, 0.25) is 5.02 Å². The number of halogens is 1. The lowest BCUT2D eigenvalue weighted by Gasteiger charge is -2.29. The lowest BCUT2D eigenvalue weighted by atomic mass is 9.86. The molecule has 1 aliphatic carbocycles. The molecule has 1 N–H and O–H groups in total. The number of nitrogens with zero attached hydrogens (tertiary/aromatic N) is 1. The maximum atomic E-state index is 12.7. The van der Waals surface area contributed by atoms with Crippen LogP contribution in [0.1, 0.15) is 31.7 Å². The average Bonchev–Trinajstić information content (AvgIpc) is 2.41. The molecule has 0 unspecified atom stereocenters. The van der Waals surface area contributed by atoms with Crippen molar-refractivity contribution in [2.45, 2.75) is 37.6 Å². The van der Waals surface area contributed by atoms with Crippen molar-refractivity contribution >= 4 is 21.6 Å². The van der Waals surface area contributed by atoms with Crippen LogP contribution in [-0.4, -0.2) is 32.9 Å². The van der Waals surface area contributed by atoms with E-state index in [1.807, 2.05) is 13.0 Å². The van der Waals surface area contributed by atoms with E-state index in [9.17, 15) is 8.42 Å². The molecule has 0 spiro atoms. The fourth-order valence-electron chi connectivity index (χ4n) is 2.43. The molecular weight excluding hydrogens is 308 g/mol. The van der Waals surface area contributed by atoms with Gasteiger partial charge in [0.05, 0.1) is 5.02 Å². The zero-order valence-corrected chi connectivity index (χ0v) is 14.2. The topological polar surface area (TPSA) is 49.4 Å². The van der Waals surface area contributed by atoms with Crippen molar-refractivity contribution in [3.05, 3.63) is 28.8 Å². The Morgan fingerprint density at radius 1 is 1.38 bits per heavy atom. The highest BCUT2D eigenvalue weighted by Gasteiger charge is 2.28. The van der Waals surface area contributed by atoms with Crippen LogP contribution >= 0.6 is 11.6 Å². The summed E-state index contributed by atoms with van der Waals surface area (Å²) >= 11 is 6.12. The number of hydrogen-bond acceptors (Lipinski definition) is 3. The second-order valence-electron chi connectivity index (χ2n) is 5.63. The minimum Gasteiger partial charge on any atom is -0.313 e.